The number of likely N-dealkylation sites (tertiary alicyclic amines) is 1. The van der Waals surface area contributed by atoms with Gasteiger partial charge in [0.2, 0.25) is 0 Å². The number of aryl methyl sites for hydroxylation is 1. The van der Waals surface area contributed by atoms with Crippen LogP contribution in [0.25, 0.3) is 39.1 Å². The van der Waals surface area contributed by atoms with E-state index in [0.29, 0.717) is 6.54 Å². The molecule has 0 spiro atoms. The summed E-state index contributed by atoms with van der Waals surface area (Å²) in [6, 6.07) is 26.9. The Morgan fingerprint density at radius 2 is 1.70 bits per heavy atom. The highest BCUT2D eigenvalue weighted by Crippen LogP contribution is 2.33. The summed E-state index contributed by atoms with van der Waals surface area (Å²) < 4.78 is 7.50. The summed E-state index contributed by atoms with van der Waals surface area (Å²) in [5.41, 5.74) is 8.84. The number of alkyl carbamates (subject to hydrolysis) is 1. The van der Waals surface area contributed by atoms with Crippen LogP contribution < -0.4 is 5.32 Å². The predicted octanol–water partition coefficient (Wildman–Crippen LogP) is 6.21. The van der Waals surface area contributed by atoms with Crippen LogP contribution in [-0.4, -0.2) is 54.8 Å². The molecule has 4 aromatic heterocycles. The molecule has 0 radical (unpaired) electrons. The molecule has 220 valence electrons. The molecule has 6 aromatic rings. The first-order valence-corrected chi connectivity index (χ1v) is 15.0. The molecule has 1 amide bonds. The van der Waals surface area contributed by atoms with E-state index in [0.717, 1.165) is 82.8 Å². The van der Waals surface area contributed by atoms with Gasteiger partial charge in [-0.2, -0.15) is 9.61 Å². The van der Waals surface area contributed by atoms with E-state index in [4.69, 9.17) is 9.72 Å². The van der Waals surface area contributed by atoms with Crippen LogP contribution in [-0.2, 0) is 17.8 Å². The van der Waals surface area contributed by atoms with Crippen LogP contribution in [0.1, 0.15) is 29.7 Å². The van der Waals surface area contributed by atoms with Crippen molar-refractivity contribution in [1.82, 2.24) is 34.8 Å². The van der Waals surface area contributed by atoms with Gasteiger partial charge in [0, 0.05) is 67.3 Å². The topological polar surface area (TPSA) is 97.5 Å². The summed E-state index contributed by atoms with van der Waals surface area (Å²) in [6.45, 7) is 5.00. The van der Waals surface area contributed by atoms with Crippen molar-refractivity contribution in [2.45, 2.75) is 39.0 Å². The number of nitrogens with zero attached hydrogens (tertiary/aromatic N) is 6. The van der Waals surface area contributed by atoms with Gasteiger partial charge in [-0.25, -0.2) is 14.8 Å². The van der Waals surface area contributed by atoms with E-state index in [2.05, 4.69) is 67.7 Å². The van der Waals surface area contributed by atoms with Crippen LogP contribution in [0, 0.1) is 6.92 Å². The summed E-state index contributed by atoms with van der Waals surface area (Å²) in [4.78, 5) is 28.5. The number of amides is 1. The fourth-order valence-corrected chi connectivity index (χ4v) is 5.79. The van der Waals surface area contributed by atoms with Crippen molar-refractivity contribution in [1.29, 1.82) is 0 Å². The third-order valence-corrected chi connectivity index (χ3v) is 8.09. The van der Waals surface area contributed by atoms with Crippen molar-refractivity contribution in [2.24, 2.45) is 0 Å². The van der Waals surface area contributed by atoms with Crippen molar-refractivity contribution < 1.29 is 9.53 Å². The van der Waals surface area contributed by atoms with Gasteiger partial charge < -0.3 is 10.1 Å². The van der Waals surface area contributed by atoms with E-state index in [-0.39, 0.29) is 12.2 Å². The van der Waals surface area contributed by atoms with Gasteiger partial charge in [0.25, 0.3) is 0 Å². The van der Waals surface area contributed by atoms with Gasteiger partial charge in [-0.15, -0.1) is 0 Å². The Hall–Kier alpha value is -5.15. The number of hydrogen-bond acceptors (Lipinski definition) is 7. The molecule has 0 aliphatic carbocycles. The van der Waals surface area contributed by atoms with Gasteiger partial charge in [0.15, 0.2) is 11.3 Å². The lowest BCUT2D eigenvalue weighted by Gasteiger charge is -2.31. The molecule has 0 atom stereocenters. The van der Waals surface area contributed by atoms with E-state index in [1.54, 1.807) is 12.4 Å². The number of benzene rings is 2. The first-order chi connectivity index (χ1) is 21.6. The maximum atomic E-state index is 12.3. The van der Waals surface area contributed by atoms with Gasteiger partial charge in [-0.1, -0.05) is 54.6 Å². The summed E-state index contributed by atoms with van der Waals surface area (Å²) >= 11 is 0. The summed E-state index contributed by atoms with van der Waals surface area (Å²) in [6.07, 6.45) is 6.50. The predicted molar refractivity (Wildman–Crippen MR) is 170 cm³/mol. The molecular formula is C35H33N7O2. The van der Waals surface area contributed by atoms with Gasteiger partial charge in [0.05, 0.1) is 11.4 Å². The Morgan fingerprint density at radius 3 is 2.48 bits per heavy atom. The Balaban J connectivity index is 1.04. The van der Waals surface area contributed by atoms with Crippen LogP contribution in [0.15, 0.2) is 97.5 Å². The number of carbonyl (C=O) groups excluding carboxylic acids is 1. The summed E-state index contributed by atoms with van der Waals surface area (Å²) in [5, 5.41) is 8.43. The maximum absolute atomic E-state index is 12.3. The molecule has 0 unspecified atom stereocenters. The fraction of sp³-hybridized carbons (Fsp3) is 0.229. The van der Waals surface area contributed by atoms with Crippen molar-refractivity contribution in [2.75, 3.05) is 13.1 Å². The molecule has 5 heterocycles. The zero-order valence-corrected chi connectivity index (χ0v) is 24.6. The Bertz CT molecular complexity index is 1900. The average molecular weight is 584 g/mol. The fourth-order valence-electron chi connectivity index (χ4n) is 5.79. The number of hydrogen-bond donors (Lipinski definition) is 1. The van der Waals surface area contributed by atoms with Crippen molar-refractivity contribution in [3.8, 4) is 22.4 Å². The monoisotopic (exact) mass is 583 g/mol. The minimum absolute atomic E-state index is 0.0679. The van der Waals surface area contributed by atoms with E-state index in [1.165, 1.54) is 5.56 Å². The maximum Gasteiger partial charge on any atom is 0.407 e. The average Bonchev–Trinajstić information content (AvgIpc) is 3.46. The number of fused-ring (bicyclic) bond motifs is 3. The van der Waals surface area contributed by atoms with Crippen molar-refractivity contribution in [3.05, 3.63) is 114 Å². The molecule has 1 aliphatic heterocycles. The molecule has 0 bridgehead atoms. The number of pyridine rings is 2. The number of ether oxygens (including phenoxy) is 1. The van der Waals surface area contributed by atoms with Crippen LogP contribution in [0.3, 0.4) is 0 Å². The van der Waals surface area contributed by atoms with Gasteiger partial charge in [-0.05, 0) is 54.7 Å². The Kier molecular flexibility index (Phi) is 7.69. The molecular weight excluding hydrogens is 550 g/mol. The van der Waals surface area contributed by atoms with E-state index in [9.17, 15) is 4.79 Å². The summed E-state index contributed by atoms with van der Waals surface area (Å²) in [7, 11) is 0. The number of aromatic nitrogens is 5. The smallest absolute Gasteiger partial charge is 0.407 e. The number of rotatable bonds is 7. The lowest BCUT2D eigenvalue weighted by atomic mass is 9.97. The van der Waals surface area contributed by atoms with Gasteiger partial charge >= 0.3 is 6.09 Å². The molecule has 2 aromatic carbocycles. The number of carbonyl (C=O) groups is 1. The first kappa shape index (κ1) is 27.7. The van der Waals surface area contributed by atoms with Crippen LogP contribution in [0.4, 0.5) is 4.79 Å². The zero-order valence-electron chi connectivity index (χ0n) is 24.6. The van der Waals surface area contributed by atoms with Gasteiger partial charge in [0.1, 0.15) is 6.10 Å². The van der Waals surface area contributed by atoms with Crippen molar-refractivity contribution >= 4 is 22.8 Å². The van der Waals surface area contributed by atoms with Gasteiger partial charge in [-0.3, -0.25) is 9.88 Å². The molecule has 1 aliphatic rings. The number of nitrogens with one attached hydrogen (secondary N) is 1. The van der Waals surface area contributed by atoms with E-state index in [1.807, 2.05) is 54.0 Å². The molecule has 1 saturated heterocycles. The molecule has 0 saturated carbocycles. The van der Waals surface area contributed by atoms with E-state index < -0.39 is 0 Å². The molecule has 9 heteroatoms. The normalized spacial score (nSPS) is 14.2. The SMILES string of the molecule is Cc1cc2ncc3cc(-c4ccccc4)c(-c4ccc(CN5CCC(OC(=O)NCc6ccncc6)CC5)cc4)nc3n2n1. The van der Waals surface area contributed by atoms with Crippen molar-refractivity contribution in [3.63, 3.8) is 0 Å². The molecule has 1 fully saturated rings. The second kappa shape index (κ2) is 12.2. The Morgan fingerprint density at radius 1 is 0.932 bits per heavy atom. The highest BCUT2D eigenvalue weighted by molar-refractivity contribution is 5.90. The third-order valence-electron chi connectivity index (χ3n) is 8.09. The highest BCUT2D eigenvalue weighted by atomic mass is 16.6. The highest BCUT2D eigenvalue weighted by Gasteiger charge is 2.22. The standard InChI is InChI=1S/C35H33N7O2/c1-24-19-32-37-22-29-20-31(27-5-3-2-4-6-27)33(39-34(29)42(32)40-24)28-9-7-26(8-10-28)23-41-17-13-30(14-18-41)44-35(43)38-21-25-11-15-36-16-12-25/h2-12,15-16,19-20,22,30H,13-14,17-18,21,23H2,1H3,(H,38,43). The minimum Gasteiger partial charge on any atom is -0.446 e. The molecule has 1 N–H and O–H groups in total. The molecule has 7 rings (SSSR count). The largest absolute Gasteiger partial charge is 0.446 e. The minimum atomic E-state index is -0.368. The lowest BCUT2D eigenvalue weighted by Crippen LogP contribution is -2.39. The molecule has 44 heavy (non-hydrogen) atoms. The zero-order chi connectivity index (χ0) is 29.9. The Labute approximate surface area is 255 Å². The summed E-state index contributed by atoms with van der Waals surface area (Å²) in [5.74, 6) is 0. The second-order valence-corrected chi connectivity index (χ2v) is 11.3. The quantitative estimate of drug-likeness (QED) is 0.239. The van der Waals surface area contributed by atoms with Crippen LogP contribution >= 0.6 is 0 Å². The third kappa shape index (κ3) is 6.00. The second-order valence-electron chi connectivity index (χ2n) is 11.3. The first-order valence-electron chi connectivity index (χ1n) is 15.0. The lowest BCUT2D eigenvalue weighted by molar-refractivity contribution is 0.0485. The number of piperidine rings is 1. The van der Waals surface area contributed by atoms with E-state index >= 15 is 0 Å². The van der Waals surface area contributed by atoms with Crippen LogP contribution in [0.2, 0.25) is 0 Å². The van der Waals surface area contributed by atoms with Crippen LogP contribution in [0.5, 0.6) is 0 Å². The molecule has 9 nitrogen and oxygen atoms in total.